The molecule has 0 spiro atoms. The van der Waals surface area contributed by atoms with Crippen molar-refractivity contribution in [2.45, 2.75) is 71.4 Å². The van der Waals surface area contributed by atoms with Gasteiger partial charge in [0, 0.05) is 18.7 Å². The fourth-order valence-corrected chi connectivity index (χ4v) is 5.54. The van der Waals surface area contributed by atoms with Gasteiger partial charge in [-0.3, -0.25) is 9.69 Å². The van der Waals surface area contributed by atoms with Crippen LogP contribution in [0.1, 0.15) is 58.6 Å². The van der Waals surface area contributed by atoms with Crippen LogP contribution in [0.3, 0.4) is 0 Å². The van der Waals surface area contributed by atoms with Crippen molar-refractivity contribution in [1.82, 2.24) is 14.7 Å². The van der Waals surface area contributed by atoms with E-state index in [9.17, 15) is 4.79 Å². The van der Waals surface area contributed by atoms with Crippen molar-refractivity contribution in [3.63, 3.8) is 0 Å². The topological polar surface area (TPSA) is 50.2 Å². The zero-order valence-corrected chi connectivity index (χ0v) is 16.1. The second-order valence-electron chi connectivity index (χ2n) is 9.66. The number of anilines is 1. The minimum atomic E-state index is -0.142. The van der Waals surface area contributed by atoms with E-state index in [4.69, 9.17) is 0 Å². The number of hydrogen-bond donors (Lipinski definition) is 1. The minimum absolute atomic E-state index is 0.103. The van der Waals surface area contributed by atoms with Crippen LogP contribution in [0, 0.1) is 24.7 Å². The molecule has 1 amide bonds. The van der Waals surface area contributed by atoms with Crippen molar-refractivity contribution in [1.29, 1.82) is 0 Å². The summed E-state index contributed by atoms with van der Waals surface area (Å²) in [5, 5.41) is 7.68. The lowest BCUT2D eigenvalue weighted by Gasteiger charge is -2.39. The Balaban J connectivity index is 1.45. The first-order chi connectivity index (χ1) is 11.8. The highest BCUT2D eigenvalue weighted by Crippen LogP contribution is 2.47. The van der Waals surface area contributed by atoms with E-state index in [2.05, 4.69) is 36.1 Å². The standard InChI is InChI=1S/C20H32N4O/c1-13-5-18(24(22-13)20(2,3)4)21-19(25)12-23-11-16-7-14-6-15(8-16)10-17(23)9-14/h5,14-17H,6-12H2,1-4H3,(H,21,25). The predicted octanol–water partition coefficient (Wildman–Crippen LogP) is 3.40. The molecule has 0 aromatic carbocycles. The summed E-state index contributed by atoms with van der Waals surface area (Å²) in [7, 11) is 0. The van der Waals surface area contributed by atoms with E-state index in [1.54, 1.807) is 0 Å². The molecule has 1 aromatic heterocycles. The maximum Gasteiger partial charge on any atom is 0.239 e. The van der Waals surface area contributed by atoms with Crippen molar-refractivity contribution < 1.29 is 4.79 Å². The van der Waals surface area contributed by atoms with E-state index in [0.717, 1.165) is 35.8 Å². The quantitative estimate of drug-likeness (QED) is 0.914. The molecule has 2 unspecified atom stereocenters. The van der Waals surface area contributed by atoms with Crippen LogP contribution in [-0.2, 0) is 10.3 Å². The van der Waals surface area contributed by atoms with Crippen molar-refractivity contribution in [2.75, 3.05) is 18.4 Å². The monoisotopic (exact) mass is 344 g/mol. The number of aryl methyl sites for hydroxylation is 1. The van der Waals surface area contributed by atoms with Gasteiger partial charge in [0.05, 0.1) is 17.8 Å². The van der Waals surface area contributed by atoms with Gasteiger partial charge in [0.2, 0.25) is 5.91 Å². The number of nitrogens with one attached hydrogen (secondary N) is 1. The Morgan fingerprint density at radius 1 is 1.16 bits per heavy atom. The molecule has 2 saturated carbocycles. The summed E-state index contributed by atoms with van der Waals surface area (Å²) in [6.45, 7) is 9.94. The van der Waals surface area contributed by atoms with Crippen molar-refractivity contribution in [3.8, 4) is 0 Å². The van der Waals surface area contributed by atoms with Gasteiger partial charge >= 0.3 is 0 Å². The largest absolute Gasteiger partial charge is 0.310 e. The molecule has 0 radical (unpaired) electrons. The first kappa shape index (κ1) is 17.1. The Hall–Kier alpha value is -1.36. The van der Waals surface area contributed by atoms with Gasteiger partial charge in [0.15, 0.2) is 0 Å². The number of carbonyl (C=O) groups excluding carboxylic acids is 1. The minimum Gasteiger partial charge on any atom is -0.310 e. The molecule has 4 aliphatic rings. The maximum atomic E-state index is 12.8. The van der Waals surface area contributed by atoms with E-state index < -0.39 is 0 Å². The second kappa shape index (κ2) is 6.11. The van der Waals surface area contributed by atoms with Crippen LogP contribution < -0.4 is 5.32 Å². The molecule has 5 rings (SSSR count). The summed E-state index contributed by atoms with van der Waals surface area (Å²) in [4.78, 5) is 15.2. The Labute approximate surface area is 151 Å². The molecule has 25 heavy (non-hydrogen) atoms. The number of amides is 1. The van der Waals surface area contributed by atoms with E-state index in [-0.39, 0.29) is 11.4 Å². The van der Waals surface area contributed by atoms with Crippen molar-refractivity contribution in [2.24, 2.45) is 17.8 Å². The summed E-state index contributed by atoms with van der Waals surface area (Å²) in [6, 6.07) is 2.59. The predicted molar refractivity (Wildman–Crippen MR) is 99.5 cm³/mol. The molecular formula is C20H32N4O. The highest BCUT2D eigenvalue weighted by atomic mass is 16.2. The van der Waals surface area contributed by atoms with E-state index in [1.165, 1.54) is 32.1 Å². The number of nitrogens with zero attached hydrogens (tertiary/aromatic N) is 3. The Kier molecular flexibility index (Phi) is 4.18. The first-order valence-electron chi connectivity index (χ1n) is 9.89. The Morgan fingerprint density at radius 2 is 1.80 bits per heavy atom. The summed E-state index contributed by atoms with van der Waals surface area (Å²) in [5.74, 6) is 3.56. The van der Waals surface area contributed by atoms with Crippen LogP contribution in [-0.4, -0.2) is 39.7 Å². The van der Waals surface area contributed by atoms with Crippen LogP contribution in [0.5, 0.6) is 0 Å². The van der Waals surface area contributed by atoms with Gasteiger partial charge in [-0.1, -0.05) is 0 Å². The molecular weight excluding hydrogens is 312 g/mol. The lowest BCUT2D eigenvalue weighted by atomic mass is 9.68. The van der Waals surface area contributed by atoms with Gasteiger partial charge in [-0.25, -0.2) is 4.68 Å². The highest BCUT2D eigenvalue weighted by Gasteiger charge is 2.42. The zero-order chi connectivity index (χ0) is 17.8. The van der Waals surface area contributed by atoms with Crippen LogP contribution in [0.2, 0.25) is 0 Å². The van der Waals surface area contributed by atoms with Gasteiger partial charge < -0.3 is 5.32 Å². The molecule has 3 heterocycles. The van der Waals surface area contributed by atoms with E-state index in [1.807, 2.05) is 17.7 Å². The lowest BCUT2D eigenvalue weighted by molar-refractivity contribution is -0.118. The number of fused-ring (bicyclic) bond motifs is 1. The van der Waals surface area contributed by atoms with Gasteiger partial charge in [0.1, 0.15) is 5.82 Å². The third-order valence-electron chi connectivity index (χ3n) is 6.30. The summed E-state index contributed by atoms with van der Waals surface area (Å²) in [6.07, 6.45) is 6.83. The number of rotatable bonds is 3. The Morgan fingerprint density at radius 3 is 2.44 bits per heavy atom. The fraction of sp³-hybridized carbons (Fsp3) is 0.800. The van der Waals surface area contributed by atoms with Gasteiger partial charge in [-0.05, 0) is 77.6 Å². The number of aromatic nitrogens is 2. The average Bonchev–Trinajstić information content (AvgIpc) is 2.76. The van der Waals surface area contributed by atoms with Gasteiger partial charge in [0.25, 0.3) is 0 Å². The molecule has 5 nitrogen and oxygen atoms in total. The molecule has 1 aromatic rings. The molecule has 4 fully saturated rings. The second-order valence-corrected chi connectivity index (χ2v) is 9.66. The summed E-state index contributed by atoms with van der Waals surface area (Å²) < 4.78 is 1.93. The van der Waals surface area contributed by atoms with Crippen molar-refractivity contribution >= 4 is 11.7 Å². The van der Waals surface area contributed by atoms with Crippen LogP contribution in [0.15, 0.2) is 6.07 Å². The first-order valence-corrected chi connectivity index (χ1v) is 9.89. The molecule has 2 saturated heterocycles. The third kappa shape index (κ3) is 3.48. The molecule has 5 heteroatoms. The highest BCUT2D eigenvalue weighted by molar-refractivity contribution is 5.91. The molecule has 4 bridgehead atoms. The normalized spacial score (nSPS) is 32.0. The van der Waals surface area contributed by atoms with Crippen LogP contribution in [0.25, 0.3) is 0 Å². The van der Waals surface area contributed by atoms with E-state index in [0.29, 0.717) is 12.6 Å². The molecule has 2 aliphatic carbocycles. The van der Waals surface area contributed by atoms with Crippen LogP contribution >= 0.6 is 0 Å². The maximum absolute atomic E-state index is 12.8. The number of carbonyl (C=O) groups is 1. The SMILES string of the molecule is Cc1cc(NC(=O)CN2CC3CC4CC(C3)CC2C4)n(C(C)(C)C)n1. The van der Waals surface area contributed by atoms with E-state index >= 15 is 0 Å². The molecule has 138 valence electrons. The van der Waals surface area contributed by atoms with Crippen molar-refractivity contribution in [3.05, 3.63) is 11.8 Å². The average molecular weight is 345 g/mol. The third-order valence-corrected chi connectivity index (χ3v) is 6.30. The smallest absolute Gasteiger partial charge is 0.239 e. The van der Waals surface area contributed by atoms with Gasteiger partial charge in [-0.15, -0.1) is 0 Å². The molecule has 2 aliphatic heterocycles. The Bertz CT molecular complexity index is 645. The molecule has 1 N–H and O–H groups in total. The zero-order valence-electron chi connectivity index (χ0n) is 16.1. The molecule has 2 atom stereocenters. The fourth-order valence-electron chi connectivity index (χ4n) is 5.54. The van der Waals surface area contributed by atoms with Gasteiger partial charge in [-0.2, -0.15) is 5.10 Å². The summed E-state index contributed by atoms with van der Waals surface area (Å²) >= 11 is 0. The number of hydrogen-bond acceptors (Lipinski definition) is 3. The summed E-state index contributed by atoms with van der Waals surface area (Å²) in [5.41, 5.74) is 0.799. The lowest BCUT2D eigenvalue weighted by Crippen LogP contribution is -2.42. The van der Waals surface area contributed by atoms with Crippen LogP contribution in [0.4, 0.5) is 5.82 Å².